The highest BCUT2D eigenvalue weighted by molar-refractivity contribution is 6.30. The fourth-order valence-electron chi connectivity index (χ4n) is 2.64. The first-order valence-corrected chi connectivity index (χ1v) is 7.42. The number of carbonyl (C=O) groups excluding carboxylic acids is 1. The van der Waals surface area contributed by atoms with Crippen molar-refractivity contribution in [2.75, 3.05) is 26.3 Å². The Morgan fingerprint density at radius 1 is 1.40 bits per heavy atom. The Morgan fingerprint density at radius 3 is 2.75 bits per heavy atom. The van der Waals surface area contributed by atoms with Crippen LogP contribution in [-0.2, 0) is 14.9 Å². The standard InChI is InChI=1S/C15H19ClN2O2/c16-12-3-1-11(2-4-12)15(5-6-15)10-18-14(19)13-9-20-8-7-17-13/h1-4,13,17H,5-10H2,(H,18,19). The molecule has 2 N–H and O–H groups in total. The Bertz CT molecular complexity index is 479. The van der Waals surface area contributed by atoms with Crippen molar-refractivity contribution in [3.05, 3.63) is 34.9 Å². The number of ether oxygens (including phenoxy) is 1. The SMILES string of the molecule is O=C(NCC1(c2ccc(Cl)cc2)CC1)C1COCCN1. The van der Waals surface area contributed by atoms with E-state index in [9.17, 15) is 4.79 Å². The van der Waals surface area contributed by atoms with Gasteiger partial charge in [-0.2, -0.15) is 0 Å². The molecule has 1 aliphatic carbocycles. The molecular formula is C15H19ClN2O2. The Balaban J connectivity index is 1.57. The maximum absolute atomic E-state index is 12.1. The molecule has 0 aromatic heterocycles. The van der Waals surface area contributed by atoms with Gasteiger partial charge in [0.1, 0.15) is 6.04 Å². The van der Waals surface area contributed by atoms with Crippen molar-refractivity contribution in [2.45, 2.75) is 24.3 Å². The van der Waals surface area contributed by atoms with Gasteiger partial charge < -0.3 is 15.4 Å². The Labute approximate surface area is 123 Å². The third-order valence-corrected chi connectivity index (χ3v) is 4.40. The molecule has 0 radical (unpaired) electrons. The van der Waals surface area contributed by atoms with Gasteiger partial charge in [-0.3, -0.25) is 4.79 Å². The van der Waals surface area contributed by atoms with Gasteiger partial charge in [0, 0.05) is 23.5 Å². The van der Waals surface area contributed by atoms with Crippen molar-refractivity contribution in [1.82, 2.24) is 10.6 Å². The van der Waals surface area contributed by atoms with Crippen molar-refractivity contribution in [3.8, 4) is 0 Å². The number of nitrogens with one attached hydrogen (secondary N) is 2. The Morgan fingerprint density at radius 2 is 2.15 bits per heavy atom. The molecule has 5 heteroatoms. The average molecular weight is 295 g/mol. The van der Waals surface area contributed by atoms with E-state index in [1.807, 2.05) is 12.1 Å². The number of rotatable bonds is 4. The van der Waals surface area contributed by atoms with Crippen molar-refractivity contribution in [1.29, 1.82) is 0 Å². The second-order valence-electron chi connectivity index (χ2n) is 5.59. The molecular weight excluding hydrogens is 276 g/mol. The van der Waals surface area contributed by atoms with Gasteiger partial charge in [0.15, 0.2) is 0 Å². The topological polar surface area (TPSA) is 50.4 Å². The van der Waals surface area contributed by atoms with Gasteiger partial charge in [0.05, 0.1) is 13.2 Å². The summed E-state index contributed by atoms with van der Waals surface area (Å²) in [5.74, 6) is 0.0324. The Kier molecular flexibility index (Phi) is 3.96. The minimum Gasteiger partial charge on any atom is -0.378 e. The summed E-state index contributed by atoms with van der Waals surface area (Å²) in [6.07, 6.45) is 2.23. The highest BCUT2D eigenvalue weighted by Gasteiger charge is 2.44. The largest absolute Gasteiger partial charge is 0.378 e. The fourth-order valence-corrected chi connectivity index (χ4v) is 2.76. The van der Waals surface area contributed by atoms with Crippen LogP contribution in [0.4, 0.5) is 0 Å². The van der Waals surface area contributed by atoms with E-state index < -0.39 is 0 Å². The van der Waals surface area contributed by atoms with Crippen molar-refractivity contribution >= 4 is 17.5 Å². The van der Waals surface area contributed by atoms with Crippen molar-refractivity contribution < 1.29 is 9.53 Å². The predicted molar refractivity (Wildman–Crippen MR) is 78.0 cm³/mol. The maximum atomic E-state index is 12.1. The van der Waals surface area contributed by atoms with E-state index in [-0.39, 0.29) is 17.4 Å². The van der Waals surface area contributed by atoms with E-state index in [2.05, 4.69) is 22.8 Å². The maximum Gasteiger partial charge on any atom is 0.239 e. The van der Waals surface area contributed by atoms with Crippen LogP contribution in [-0.4, -0.2) is 38.3 Å². The quantitative estimate of drug-likeness (QED) is 0.884. The molecule has 0 spiro atoms. The number of hydrogen-bond donors (Lipinski definition) is 2. The summed E-state index contributed by atoms with van der Waals surface area (Å²) >= 11 is 5.92. The van der Waals surface area contributed by atoms with Gasteiger partial charge in [0.2, 0.25) is 5.91 Å². The molecule has 1 saturated carbocycles. The third kappa shape index (κ3) is 2.97. The van der Waals surface area contributed by atoms with Crippen LogP contribution in [0.2, 0.25) is 5.02 Å². The first-order chi connectivity index (χ1) is 9.70. The first kappa shape index (κ1) is 13.9. The normalized spacial score (nSPS) is 24.1. The zero-order valence-electron chi connectivity index (χ0n) is 11.3. The van der Waals surface area contributed by atoms with Crippen LogP contribution >= 0.6 is 11.6 Å². The first-order valence-electron chi connectivity index (χ1n) is 7.05. The zero-order chi connectivity index (χ0) is 14.0. The van der Waals surface area contributed by atoms with Gasteiger partial charge in [-0.25, -0.2) is 0 Å². The lowest BCUT2D eigenvalue weighted by atomic mass is 9.96. The van der Waals surface area contributed by atoms with Gasteiger partial charge in [-0.1, -0.05) is 23.7 Å². The van der Waals surface area contributed by atoms with E-state index in [0.717, 1.165) is 24.4 Å². The van der Waals surface area contributed by atoms with Crippen LogP contribution in [0.25, 0.3) is 0 Å². The number of hydrogen-bond acceptors (Lipinski definition) is 3. The number of amides is 1. The van der Waals surface area contributed by atoms with Gasteiger partial charge in [-0.15, -0.1) is 0 Å². The molecule has 1 aromatic rings. The highest BCUT2D eigenvalue weighted by atomic mass is 35.5. The molecule has 1 atom stereocenters. The molecule has 1 aliphatic heterocycles. The minimum absolute atomic E-state index is 0.0324. The summed E-state index contributed by atoms with van der Waals surface area (Å²) in [6.45, 7) is 2.56. The fraction of sp³-hybridized carbons (Fsp3) is 0.533. The molecule has 2 fully saturated rings. The van der Waals surface area contributed by atoms with Crippen LogP contribution < -0.4 is 10.6 Å². The van der Waals surface area contributed by atoms with Gasteiger partial charge >= 0.3 is 0 Å². The molecule has 4 nitrogen and oxygen atoms in total. The summed E-state index contributed by atoms with van der Waals surface area (Å²) in [7, 11) is 0. The van der Waals surface area contributed by atoms with E-state index >= 15 is 0 Å². The lowest BCUT2D eigenvalue weighted by Gasteiger charge is -2.24. The van der Waals surface area contributed by atoms with E-state index in [1.165, 1.54) is 5.56 Å². The molecule has 1 aromatic carbocycles. The molecule has 2 aliphatic rings. The average Bonchev–Trinajstić information content (AvgIpc) is 3.27. The highest BCUT2D eigenvalue weighted by Crippen LogP contribution is 2.47. The second-order valence-corrected chi connectivity index (χ2v) is 6.02. The smallest absolute Gasteiger partial charge is 0.239 e. The Hall–Kier alpha value is -1.10. The van der Waals surface area contributed by atoms with E-state index in [4.69, 9.17) is 16.3 Å². The molecule has 3 rings (SSSR count). The molecule has 1 unspecified atom stereocenters. The van der Waals surface area contributed by atoms with Crippen LogP contribution in [0.1, 0.15) is 18.4 Å². The van der Waals surface area contributed by atoms with Crippen molar-refractivity contribution in [2.24, 2.45) is 0 Å². The zero-order valence-corrected chi connectivity index (χ0v) is 12.1. The molecule has 1 saturated heterocycles. The summed E-state index contributed by atoms with van der Waals surface area (Å²) in [6, 6.07) is 7.72. The summed E-state index contributed by atoms with van der Waals surface area (Å²) in [5, 5.41) is 6.97. The van der Waals surface area contributed by atoms with E-state index in [0.29, 0.717) is 19.8 Å². The van der Waals surface area contributed by atoms with E-state index in [1.54, 1.807) is 0 Å². The van der Waals surface area contributed by atoms with Crippen LogP contribution in [0.3, 0.4) is 0 Å². The number of morpholine rings is 1. The molecule has 0 bridgehead atoms. The van der Waals surface area contributed by atoms with Crippen LogP contribution in [0, 0.1) is 0 Å². The van der Waals surface area contributed by atoms with Crippen molar-refractivity contribution in [3.63, 3.8) is 0 Å². The summed E-state index contributed by atoms with van der Waals surface area (Å²) in [5.41, 5.74) is 1.37. The predicted octanol–water partition coefficient (Wildman–Crippen LogP) is 1.48. The number of halogens is 1. The second kappa shape index (κ2) is 5.72. The number of benzene rings is 1. The summed E-state index contributed by atoms with van der Waals surface area (Å²) in [4.78, 5) is 12.1. The van der Waals surface area contributed by atoms with Crippen LogP contribution in [0.15, 0.2) is 24.3 Å². The molecule has 20 heavy (non-hydrogen) atoms. The van der Waals surface area contributed by atoms with Gasteiger partial charge in [0.25, 0.3) is 0 Å². The number of carbonyl (C=O) groups is 1. The monoisotopic (exact) mass is 294 g/mol. The molecule has 1 heterocycles. The lowest BCUT2D eigenvalue weighted by molar-refractivity contribution is -0.126. The minimum atomic E-state index is -0.218. The molecule has 108 valence electrons. The summed E-state index contributed by atoms with van der Waals surface area (Å²) < 4.78 is 5.31. The molecule has 1 amide bonds. The third-order valence-electron chi connectivity index (χ3n) is 4.15. The van der Waals surface area contributed by atoms with Crippen LogP contribution in [0.5, 0.6) is 0 Å². The lowest BCUT2D eigenvalue weighted by Crippen LogP contribution is -2.52. The van der Waals surface area contributed by atoms with Gasteiger partial charge in [-0.05, 0) is 30.5 Å².